The number of nitrogens with zero attached hydrogens (tertiary/aromatic N) is 1. The molecule has 0 saturated carbocycles. The Morgan fingerprint density at radius 3 is 2.41 bits per heavy atom. The fourth-order valence-electron chi connectivity index (χ4n) is 2.53. The Balaban J connectivity index is 2.13. The van der Waals surface area contributed by atoms with Crippen LogP contribution in [0.5, 0.6) is 0 Å². The number of hydrogen-bond donors (Lipinski definition) is 1. The highest BCUT2D eigenvalue weighted by Crippen LogP contribution is 2.15. The van der Waals surface area contributed by atoms with E-state index in [1.165, 1.54) is 5.56 Å². The standard InChI is InChI=1S/C19H24N2O/c1-15-7-6-10-18(16(15)2)19(22)21(14-12-20)13-11-17-8-4-3-5-9-17/h3-10H,11-14,20H2,1-2H3. The molecule has 0 saturated heterocycles. The smallest absolute Gasteiger partial charge is 0.254 e. The molecule has 0 fully saturated rings. The van der Waals surface area contributed by atoms with Gasteiger partial charge >= 0.3 is 0 Å². The predicted molar refractivity (Wildman–Crippen MR) is 91.0 cm³/mol. The first-order chi connectivity index (χ1) is 10.6. The van der Waals surface area contributed by atoms with E-state index in [-0.39, 0.29) is 5.91 Å². The molecule has 2 N–H and O–H groups in total. The van der Waals surface area contributed by atoms with Gasteiger partial charge in [-0.05, 0) is 43.0 Å². The van der Waals surface area contributed by atoms with E-state index in [4.69, 9.17) is 5.73 Å². The van der Waals surface area contributed by atoms with Crippen LogP contribution in [0.15, 0.2) is 48.5 Å². The molecule has 3 nitrogen and oxygen atoms in total. The number of rotatable bonds is 6. The van der Waals surface area contributed by atoms with E-state index in [1.807, 2.05) is 55.1 Å². The van der Waals surface area contributed by atoms with Crippen LogP contribution in [0.1, 0.15) is 27.0 Å². The topological polar surface area (TPSA) is 46.3 Å². The number of hydrogen-bond acceptors (Lipinski definition) is 2. The molecule has 3 heteroatoms. The van der Waals surface area contributed by atoms with E-state index in [2.05, 4.69) is 12.1 Å². The monoisotopic (exact) mass is 296 g/mol. The quantitative estimate of drug-likeness (QED) is 0.891. The van der Waals surface area contributed by atoms with Gasteiger partial charge in [0.2, 0.25) is 0 Å². The van der Waals surface area contributed by atoms with Gasteiger partial charge in [-0.3, -0.25) is 4.79 Å². The van der Waals surface area contributed by atoms with Gasteiger partial charge in [-0.1, -0.05) is 42.5 Å². The molecule has 0 radical (unpaired) electrons. The first-order valence-corrected chi connectivity index (χ1v) is 7.73. The van der Waals surface area contributed by atoms with Gasteiger partial charge < -0.3 is 10.6 Å². The Kier molecular flexibility index (Phi) is 5.73. The second-order valence-electron chi connectivity index (χ2n) is 5.56. The molecule has 22 heavy (non-hydrogen) atoms. The van der Waals surface area contributed by atoms with E-state index in [9.17, 15) is 4.79 Å². The van der Waals surface area contributed by atoms with Crippen molar-refractivity contribution < 1.29 is 4.79 Å². The molecule has 2 aromatic carbocycles. The van der Waals surface area contributed by atoms with Crippen molar-refractivity contribution >= 4 is 5.91 Å². The number of carbonyl (C=O) groups is 1. The van der Waals surface area contributed by atoms with Gasteiger partial charge in [0, 0.05) is 25.2 Å². The van der Waals surface area contributed by atoms with Crippen molar-refractivity contribution in [3.63, 3.8) is 0 Å². The third kappa shape index (κ3) is 3.95. The number of aryl methyl sites for hydroxylation is 1. The molecule has 2 rings (SSSR count). The average Bonchev–Trinajstić information content (AvgIpc) is 2.54. The maximum absolute atomic E-state index is 12.8. The summed E-state index contributed by atoms with van der Waals surface area (Å²) < 4.78 is 0. The number of carbonyl (C=O) groups excluding carboxylic acids is 1. The van der Waals surface area contributed by atoms with Crippen molar-refractivity contribution in [1.29, 1.82) is 0 Å². The fraction of sp³-hybridized carbons (Fsp3) is 0.316. The van der Waals surface area contributed by atoms with Crippen molar-refractivity contribution in [1.82, 2.24) is 4.90 Å². The Hall–Kier alpha value is -2.13. The molecule has 2 aromatic rings. The van der Waals surface area contributed by atoms with Gasteiger partial charge in [0.1, 0.15) is 0 Å². The summed E-state index contributed by atoms with van der Waals surface area (Å²) in [4.78, 5) is 14.7. The Morgan fingerprint density at radius 1 is 1.00 bits per heavy atom. The highest BCUT2D eigenvalue weighted by molar-refractivity contribution is 5.96. The third-order valence-electron chi connectivity index (χ3n) is 4.03. The minimum Gasteiger partial charge on any atom is -0.337 e. The van der Waals surface area contributed by atoms with Crippen molar-refractivity contribution in [2.75, 3.05) is 19.6 Å². The maximum Gasteiger partial charge on any atom is 0.254 e. The average molecular weight is 296 g/mol. The highest BCUT2D eigenvalue weighted by atomic mass is 16.2. The second-order valence-corrected chi connectivity index (χ2v) is 5.56. The Morgan fingerprint density at radius 2 is 1.73 bits per heavy atom. The first kappa shape index (κ1) is 16.2. The fourth-order valence-corrected chi connectivity index (χ4v) is 2.53. The molecule has 0 aliphatic carbocycles. The van der Waals surface area contributed by atoms with Crippen molar-refractivity contribution in [3.05, 3.63) is 70.8 Å². The Bertz CT molecular complexity index is 623. The zero-order valence-corrected chi connectivity index (χ0v) is 13.4. The summed E-state index contributed by atoms with van der Waals surface area (Å²) in [6.07, 6.45) is 0.845. The van der Waals surface area contributed by atoms with E-state index in [1.54, 1.807) is 0 Å². The van der Waals surface area contributed by atoms with E-state index in [0.29, 0.717) is 19.6 Å². The van der Waals surface area contributed by atoms with Gasteiger partial charge in [0.15, 0.2) is 0 Å². The van der Waals surface area contributed by atoms with Crippen LogP contribution in [0.25, 0.3) is 0 Å². The molecule has 0 atom stereocenters. The maximum atomic E-state index is 12.8. The van der Waals surface area contributed by atoms with E-state index in [0.717, 1.165) is 23.1 Å². The first-order valence-electron chi connectivity index (χ1n) is 7.73. The summed E-state index contributed by atoms with van der Waals surface area (Å²) >= 11 is 0. The molecule has 0 aliphatic rings. The summed E-state index contributed by atoms with van der Waals surface area (Å²) in [5.74, 6) is 0.0718. The predicted octanol–water partition coefficient (Wildman–Crippen LogP) is 2.95. The lowest BCUT2D eigenvalue weighted by atomic mass is 10.0. The minimum absolute atomic E-state index is 0.0718. The molecule has 0 bridgehead atoms. The molecule has 0 heterocycles. The zero-order chi connectivity index (χ0) is 15.9. The van der Waals surface area contributed by atoms with Crippen LogP contribution >= 0.6 is 0 Å². The molecule has 0 aromatic heterocycles. The number of amides is 1. The molecule has 0 spiro atoms. The normalized spacial score (nSPS) is 10.5. The third-order valence-corrected chi connectivity index (χ3v) is 4.03. The van der Waals surface area contributed by atoms with Crippen molar-refractivity contribution in [2.45, 2.75) is 20.3 Å². The molecule has 116 valence electrons. The lowest BCUT2D eigenvalue weighted by Crippen LogP contribution is -2.37. The molecule has 0 aliphatic heterocycles. The van der Waals surface area contributed by atoms with Crippen molar-refractivity contribution in [3.8, 4) is 0 Å². The van der Waals surface area contributed by atoms with E-state index < -0.39 is 0 Å². The van der Waals surface area contributed by atoms with Gasteiger partial charge in [-0.2, -0.15) is 0 Å². The van der Waals surface area contributed by atoms with Crippen LogP contribution in [0.3, 0.4) is 0 Å². The van der Waals surface area contributed by atoms with Gasteiger partial charge in [0.05, 0.1) is 0 Å². The van der Waals surface area contributed by atoms with Gasteiger partial charge in [0.25, 0.3) is 5.91 Å². The van der Waals surface area contributed by atoms with Crippen LogP contribution in [-0.4, -0.2) is 30.4 Å². The van der Waals surface area contributed by atoms with Crippen LogP contribution in [0.4, 0.5) is 0 Å². The van der Waals surface area contributed by atoms with Crippen LogP contribution < -0.4 is 5.73 Å². The summed E-state index contributed by atoms with van der Waals surface area (Å²) in [5.41, 5.74) is 9.89. The minimum atomic E-state index is 0.0718. The SMILES string of the molecule is Cc1cccc(C(=O)N(CCN)CCc2ccccc2)c1C. The van der Waals surface area contributed by atoms with Crippen molar-refractivity contribution in [2.24, 2.45) is 5.73 Å². The molecule has 1 amide bonds. The molecular formula is C19H24N2O. The van der Waals surface area contributed by atoms with Crippen LogP contribution in [0.2, 0.25) is 0 Å². The van der Waals surface area contributed by atoms with E-state index >= 15 is 0 Å². The van der Waals surface area contributed by atoms with Gasteiger partial charge in [-0.15, -0.1) is 0 Å². The summed E-state index contributed by atoms with van der Waals surface area (Å²) in [6, 6.07) is 16.1. The Labute approximate surface area is 132 Å². The number of nitrogens with two attached hydrogens (primary N) is 1. The van der Waals surface area contributed by atoms with Gasteiger partial charge in [-0.25, -0.2) is 0 Å². The molecular weight excluding hydrogens is 272 g/mol. The zero-order valence-electron chi connectivity index (χ0n) is 13.4. The largest absolute Gasteiger partial charge is 0.337 e. The summed E-state index contributed by atoms with van der Waals surface area (Å²) in [7, 11) is 0. The summed E-state index contributed by atoms with van der Waals surface area (Å²) in [5, 5.41) is 0. The number of benzene rings is 2. The lowest BCUT2D eigenvalue weighted by molar-refractivity contribution is 0.0761. The summed E-state index contributed by atoms with van der Waals surface area (Å²) in [6.45, 7) is 5.78. The lowest BCUT2D eigenvalue weighted by Gasteiger charge is -2.23. The highest BCUT2D eigenvalue weighted by Gasteiger charge is 2.17. The van der Waals surface area contributed by atoms with Crippen LogP contribution in [0, 0.1) is 13.8 Å². The molecule has 0 unspecified atom stereocenters. The van der Waals surface area contributed by atoms with Crippen LogP contribution in [-0.2, 0) is 6.42 Å². The second kappa shape index (κ2) is 7.76.